The van der Waals surface area contributed by atoms with Gasteiger partial charge in [-0.25, -0.2) is 0 Å². The predicted octanol–water partition coefficient (Wildman–Crippen LogP) is 2.59. The summed E-state index contributed by atoms with van der Waals surface area (Å²) < 4.78 is 7.02. The Kier molecular flexibility index (Phi) is 6.53. The number of pyridine rings is 1. The van der Waals surface area contributed by atoms with Gasteiger partial charge in [0.15, 0.2) is 0 Å². The third-order valence-electron chi connectivity index (χ3n) is 7.06. The maximum Gasteiger partial charge on any atom is 0.258 e. The van der Waals surface area contributed by atoms with Gasteiger partial charge in [-0.05, 0) is 41.5 Å². The van der Waals surface area contributed by atoms with Crippen molar-refractivity contribution in [3.05, 3.63) is 99.5 Å². The number of amides is 1. The van der Waals surface area contributed by atoms with E-state index in [0.717, 1.165) is 22.6 Å². The Hall–Kier alpha value is -3.68. The second-order valence-electron chi connectivity index (χ2n) is 9.07. The molecule has 7 nitrogen and oxygen atoms in total. The van der Waals surface area contributed by atoms with Crippen molar-refractivity contribution in [2.75, 3.05) is 13.7 Å². The van der Waals surface area contributed by atoms with E-state index in [4.69, 9.17) is 4.74 Å². The molecule has 1 aromatic heterocycles. The van der Waals surface area contributed by atoms with E-state index in [1.807, 2.05) is 78.9 Å². The van der Waals surface area contributed by atoms with Gasteiger partial charge in [0.1, 0.15) is 5.75 Å². The lowest BCUT2D eigenvalue weighted by atomic mass is 9.88. The number of nitrogens with zero attached hydrogens (tertiary/aromatic N) is 1. The van der Waals surface area contributed by atoms with Crippen molar-refractivity contribution >= 4 is 18.1 Å². The summed E-state index contributed by atoms with van der Waals surface area (Å²) >= 11 is 0. The van der Waals surface area contributed by atoms with Gasteiger partial charge in [0.05, 0.1) is 19.2 Å². The Morgan fingerprint density at radius 1 is 1.14 bits per heavy atom. The van der Waals surface area contributed by atoms with Crippen molar-refractivity contribution in [3.8, 4) is 5.75 Å². The first kappa shape index (κ1) is 23.1. The van der Waals surface area contributed by atoms with E-state index in [1.165, 1.54) is 0 Å². The molecular weight excluding hydrogens is 442 g/mol. The average molecular weight is 472 g/mol. The fourth-order valence-corrected chi connectivity index (χ4v) is 5.23. The molecule has 3 aromatic rings. The summed E-state index contributed by atoms with van der Waals surface area (Å²) in [4.78, 5) is 26.2. The number of hydrogen-bond acceptors (Lipinski definition) is 5. The van der Waals surface area contributed by atoms with Crippen LogP contribution in [0, 0.1) is 11.8 Å². The molecule has 0 saturated carbocycles. The minimum Gasteiger partial charge on any atom is -0.497 e. The number of benzene rings is 2. The normalized spacial score (nSPS) is 22.7. The molecule has 7 heteroatoms. The first-order valence-electron chi connectivity index (χ1n) is 11.8. The number of carbonyl (C=O) groups is 1. The summed E-state index contributed by atoms with van der Waals surface area (Å²) in [5.74, 6) is 0.262. The smallest absolute Gasteiger partial charge is 0.258 e. The molecule has 2 aliphatic rings. The fourth-order valence-electron chi connectivity index (χ4n) is 5.23. The average Bonchev–Trinajstić information content (AvgIpc) is 3.44. The number of methoxy groups -OCH3 is 1. The lowest BCUT2D eigenvalue weighted by molar-refractivity contribution is -0.124. The number of nitrogens with one attached hydrogen (secondary N) is 2. The van der Waals surface area contributed by atoms with Crippen LogP contribution in [0.5, 0.6) is 5.75 Å². The summed E-state index contributed by atoms with van der Waals surface area (Å²) in [5.41, 5.74) is 3.38. The van der Waals surface area contributed by atoms with Crippen LogP contribution in [-0.4, -0.2) is 35.3 Å². The van der Waals surface area contributed by atoms with Gasteiger partial charge < -0.3 is 19.7 Å². The van der Waals surface area contributed by atoms with Gasteiger partial charge in [0.2, 0.25) is 5.91 Å². The van der Waals surface area contributed by atoms with Crippen LogP contribution >= 0.6 is 0 Å². The highest BCUT2D eigenvalue weighted by molar-refractivity contribution is 5.82. The molecular formula is C28H29N3O4. The highest BCUT2D eigenvalue weighted by Crippen LogP contribution is 2.42. The number of ether oxygens (including phenoxy) is 1. The first-order chi connectivity index (χ1) is 17.1. The van der Waals surface area contributed by atoms with E-state index in [2.05, 4.69) is 10.6 Å². The summed E-state index contributed by atoms with van der Waals surface area (Å²) in [5, 5.41) is 16.5. The number of fused-ring (bicyclic) bond motifs is 3. The van der Waals surface area contributed by atoms with Crippen LogP contribution in [0.2, 0.25) is 0 Å². The molecule has 3 N–H and O–H groups in total. The zero-order valence-electron chi connectivity index (χ0n) is 19.6. The van der Waals surface area contributed by atoms with E-state index in [1.54, 1.807) is 11.7 Å². The number of aliphatic hydroxyl groups excluding tert-OH is 1. The molecule has 0 aliphatic carbocycles. The minimum absolute atomic E-state index is 0.0337. The van der Waals surface area contributed by atoms with Crippen molar-refractivity contribution in [1.82, 2.24) is 15.2 Å². The molecule has 0 radical (unpaired) electrons. The molecule has 1 fully saturated rings. The monoisotopic (exact) mass is 471 g/mol. The van der Waals surface area contributed by atoms with Crippen LogP contribution in [0.15, 0.2) is 71.5 Å². The maximum atomic E-state index is 13.2. The Labute approximate surface area is 204 Å². The van der Waals surface area contributed by atoms with Crippen LogP contribution in [0.1, 0.15) is 28.4 Å². The summed E-state index contributed by atoms with van der Waals surface area (Å²) in [6.07, 6.45) is 3.77. The fraction of sp³-hybridized carbons (Fsp3) is 0.286. The van der Waals surface area contributed by atoms with Crippen molar-refractivity contribution in [1.29, 1.82) is 0 Å². The highest BCUT2D eigenvalue weighted by atomic mass is 16.5. The summed E-state index contributed by atoms with van der Waals surface area (Å²) in [6, 6.07) is 20.5. The van der Waals surface area contributed by atoms with Crippen molar-refractivity contribution in [2.24, 2.45) is 11.8 Å². The van der Waals surface area contributed by atoms with E-state index in [9.17, 15) is 14.7 Å². The van der Waals surface area contributed by atoms with E-state index < -0.39 is 6.04 Å². The quantitative estimate of drug-likeness (QED) is 0.493. The van der Waals surface area contributed by atoms with E-state index in [-0.39, 0.29) is 36.0 Å². The third-order valence-corrected chi connectivity index (χ3v) is 7.06. The first-order valence-corrected chi connectivity index (χ1v) is 11.8. The molecule has 35 heavy (non-hydrogen) atoms. The second-order valence-corrected chi connectivity index (χ2v) is 9.07. The van der Waals surface area contributed by atoms with Crippen LogP contribution in [0.4, 0.5) is 0 Å². The minimum atomic E-state index is -0.526. The molecule has 1 saturated heterocycles. The van der Waals surface area contributed by atoms with E-state index >= 15 is 0 Å². The van der Waals surface area contributed by atoms with Gasteiger partial charge >= 0.3 is 0 Å². The summed E-state index contributed by atoms with van der Waals surface area (Å²) in [6.45, 7) is 0.716. The predicted molar refractivity (Wildman–Crippen MR) is 135 cm³/mol. The molecule has 2 aromatic carbocycles. The molecule has 2 aliphatic heterocycles. The van der Waals surface area contributed by atoms with Crippen LogP contribution in [0.3, 0.4) is 0 Å². The third kappa shape index (κ3) is 4.52. The number of aliphatic hydroxyl groups is 1. The number of carbonyl (C=O) groups excluding carboxylic acids is 1. The second kappa shape index (κ2) is 9.90. The van der Waals surface area contributed by atoms with Crippen molar-refractivity contribution in [2.45, 2.75) is 25.2 Å². The number of rotatable bonds is 7. The van der Waals surface area contributed by atoms with Gasteiger partial charge in [-0.15, -0.1) is 0 Å². The van der Waals surface area contributed by atoms with Gasteiger partial charge in [-0.3, -0.25) is 14.9 Å². The number of hydrogen-bond donors (Lipinski definition) is 3. The molecule has 3 heterocycles. The Balaban J connectivity index is 1.31. The lowest BCUT2D eigenvalue weighted by Gasteiger charge is -2.21. The molecule has 1 amide bonds. The zero-order valence-corrected chi connectivity index (χ0v) is 19.6. The Morgan fingerprint density at radius 2 is 1.97 bits per heavy atom. The number of aromatic nitrogens is 1. The molecule has 180 valence electrons. The SMILES string of the molecule is COc1cccc(CNC(=O)[C@@H]2N[C@@H]3c4ccc(/C=C/c5ccccc5)c(=O)n4C[C@@H]3[C@H]2CO)c1. The molecule has 4 atom stereocenters. The van der Waals surface area contributed by atoms with Crippen molar-refractivity contribution in [3.63, 3.8) is 0 Å². The Bertz CT molecular complexity index is 1300. The maximum absolute atomic E-state index is 13.2. The largest absolute Gasteiger partial charge is 0.497 e. The topological polar surface area (TPSA) is 92.6 Å². The molecule has 0 spiro atoms. The van der Waals surface area contributed by atoms with Gasteiger partial charge in [-0.2, -0.15) is 0 Å². The van der Waals surface area contributed by atoms with Gasteiger partial charge in [-0.1, -0.05) is 48.5 Å². The zero-order chi connectivity index (χ0) is 24.4. The summed E-state index contributed by atoms with van der Waals surface area (Å²) in [7, 11) is 1.61. The van der Waals surface area contributed by atoms with Crippen LogP contribution < -0.4 is 20.9 Å². The molecule has 0 bridgehead atoms. The highest BCUT2D eigenvalue weighted by Gasteiger charge is 2.50. The molecule has 0 unspecified atom stereocenters. The standard InChI is InChI=1S/C28H29N3O4/c1-35-21-9-5-8-19(14-21)15-29-27(33)26-23(17-32)22-16-31-24(25(22)30-26)13-12-20(28(31)34)11-10-18-6-3-2-4-7-18/h2-14,22-23,25-26,30,32H,15-17H2,1H3,(H,29,33)/b11-10+/t22-,23-,25+,26-/m1/s1. The van der Waals surface area contributed by atoms with E-state index in [0.29, 0.717) is 18.7 Å². The van der Waals surface area contributed by atoms with Gasteiger partial charge in [0, 0.05) is 42.8 Å². The molecule has 5 rings (SSSR count). The van der Waals surface area contributed by atoms with Crippen LogP contribution in [-0.2, 0) is 17.9 Å². The van der Waals surface area contributed by atoms with Crippen molar-refractivity contribution < 1.29 is 14.6 Å². The van der Waals surface area contributed by atoms with Crippen LogP contribution in [0.25, 0.3) is 12.2 Å². The Morgan fingerprint density at radius 3 is 2.74 bits per heavy atom. The lowest BCUT2D eigenvalue weighted by Crippen LogP contribution is -2.46. The van der Waals surface area contributed by atoms with Gasteiger partial charge in [0.25, 0.3) is 5.56 Å².